The van der Waals surface area contributed by atoms with Crippen molar-refractivity contribution in [2.45, 2.75) is 24.9 Å². The molecule has 0 aromatic heterocycles. The molecule has 2 fully saturated rings. The van der Waals surface area contributed by atoms with E-state index in [0.29, 0.717) is 26.1 Å². The first-order valence-electron chi connectivity index (χ1n) is 7.49. The molecule has 0 radical (unpaired) electrons. The van der Waals surface area contributed by atoms with E-state index in [1.54, 1.807) is 0 Å². The smallest absolute Gasteiger partial charge is 0.307 e. The standard InChI is InChI=1S/C15H21NO5/c17-13(16-8-15(20)3-5-21-6-4-15)11-9-1-2-10(7-9)12(11)14(18)19/h1-2,9-12,20H,3-8H2,(H,16,17)(H,18,19)/t9?,10?,11-,12+/m0/s1. The van der Waals surface area contributed by atoms with Gasteiger partial charge in [0.15, 0.2) is 0 Å². The van der Waals surface area contributed by atoms with Gasteiger partial charge in [-0.3, -0.25) is 9.59 Å². The maximum atomic E-state index is 12.4. The minimum absolute atomic E-state index is 0.0143. The van der Waals surface area contributed by atoms with Crippen molar-refractivity contribution in [2.75, 3.05) is 19.8 Å². The molecular weight excluding hydrogens is 274 g/mol. The monoisotopic (exact) mass is 295 g/mol. The predicted octanol–water partition coefficient (Wildman–Crippen LogP) is 0.167. The molecule has 2 aliphatic carbocycles. The molecule has 0 aromatic carbocycles. The number of carbonyl (C=O) groups excluding carboxylic acids is 1. The lowest BCUT2D eigenvalue weighted by molar-refractivity contribution is -0.148. The number of amides is 1. The lowest BCUT2D eigenvalue weighted by Gasteiger charge is -2.33. The van der Waals surface area contributed by atoms with Crippen LogP contribution in [0.2, 0.25) is 0 Å². The zero-order valence-electron chi connectivity index (χ0n) is 11.8. The third kappa shape index (κ3) is 2.70. The highest BCUT2D eigenvalue weighted by Crippen LogP contribution is 2.48. The number of aliphatic hydroxyl groups is 1. The second-order valence-electron chi connectivity index (χ2n) is 6.39. The summed E-state index contributed by atoms with van der Waals surface area (Å²) in [6.45, 7) is 1.14. The minimum Gasteiger partial charge on any atom is -0.481 e. The van der Waals surface area contributed by atoms with Crippen LogP contribution in [0.5, 0.6) is 0 Å². The Kier molecular flexibility index (Phi) is 3.75. The van der Waals surface area contributed by atoms with E-state index >= 15 is 0 Å². The molecule has 4 atom stereocenters. The van der Waals surface area contributed by atoms with Crippen molar-refractivity contribution < 1.29 is 24.5 Å². The molecule has 3 rings (SSSR count). The van der Waals surface area contributed by atoms with Crippen LogP contribution in [-0.4, -0.2) is 47.4 Å². The van der Waals surface area contributed by atoms with Gasteiger partial charge in [-0.15, -0.1) is 0 Å². The van der Waals surface area contributed by atoms with Gasteiger partial charge in [0.2, 0.25) is 5.91 Å². The number of carbonyl (C=O) groups is 2. The molecule has 2 bridgehead atoms. The molecule has 0 aromatic rings. The Morgan fingerprint density at radius 2 is 1.81 bits per heavy atom. The molecule has 1 saturated carbocycles. The Hall–Kier alpha value is -1.40. The SMILES string of the molecule is O=C(O)[C@@H]1C2C=CC(C2)[C@@H]1C(=O)NCC1(O)CCOCC1. The van der Waals surface area contributed by atoms with Gasteiger partial charge in [0.1, 0.15) is 0 Å². The van der Waals surface area contributed by atoms with E-state index in [2.05, 4.69) is 5.32 Å². The zero-order chi connectivity index (χ0) is 15.0. The van der Waals surface area contributed by atoms with Crippen LogP contribution in [0.4, 0.5) is 0 Å². The third-order valence-electron chi connectivity index (χ3n) is 5.06. The molecule has 1 aliphatic heterocycles. The van der Waals surface area contributed by atoms with E-state index in [0.717, 1.165) is 6.42 Å². The third-order valence-corrected chi connectivity index (χ3v) is 5.06. The van der Waals surface area contributed by atoms with Crippen molar-refractivity contribution in [2.24, 2.45) is 23.7 Å². The fourth-order valence-electron chi connectivity index (χ4n) is 3.81. The van der Waals surface area contributed by atoms with Gasteiger partial charge in [-0.1, -0.05) is 12.2 Å². The molecule has 3 N–H and O–H groups in total. The van der Waals surface area contributed by atoms with Gasteiger partial charge in [0, 0.05) is 32.6 Å². The fourth-order valence-corrected chi connectivity index (χ4v) is 3.81. The van der Waals surface area contributed by atoms with Gasteiger partial charge in [0.25, 0.3) is 0 Å². The highest BCUT2D eigenvalue weighted by atomic mass is 16.5. The van der Waals surface area contributed by atoms with Crippen LogP contribution in [0.1, 0.15) is 19.3 Å². The van der Waals surface area contributed by atoms with Crippen LogP contribution in [0.25, 0.3) is 0 Å². The molecule has 21 heavy (non-hydrogen) atoms. The van der Waals surface area contributed by atoms with Gasteiger partial charge in [-0.05, 0) is 18.3 Å². The van der Waals surface area contributed by atoms with Crippen LogP contribution in [0.3, 0.4) is 0 Å². The van der Waals surface area contributed by atoms with E-state index in [-0.39, 0.29) is 24.3 Å². The van der Waals surface area contributed by atoms with E-state index in [9.17, 15) is 19.8 Å². The summed E-state index contributed by atoms with van der Waals surface area (Å²) in [6.07, 6.45) is 5.60. The van der Waals surface area contributed by atoms with Crippen molar-refractivity contribution >= 4 is 11.9 Å². The average molecular weight is 295 g/mol. The number of carboxylic acid groups (broad SMARTS) is 1. The fraction of sp³-hybridized carbons (Fsp3) is 0.733. The Morgan fingerprint density at radius 1 is 1.19 bits per heavy atom. The first kappa shape index (κ1) is 14.5. The Morgan fingerprint density at radius 3 is 2.43 bits per heavy atom. The van der Waals surface area contributed by atoms with Crippen LogP contribution in [0, 0.1) is 23.7 Å². The summed E-state index contributed by atoms with van der Waals surface area (Å²) in [4.78, 5) is 23.8. The summed E-state index contributed by atoms with van der Waals surface area (Å²) in [6, 6.07) is 0. The summed E-state index contributed by atoms with van der Waals surface area (Å²) in [7, 11) is 0. The largest absolute Gasteiger partial charge is 0.481 e. The highest BCUT2D eigenvalue weighted by molar-refractivity contribution is 5.86. The van der Waals surface area contributed by atoms with Crippen LogP contribution in [-0.2, 0) is 14.3 Å². The minimum atomic E-state index is -0.930. The van der Waals surface area contributed by atoms with E-state index in [4.69, 9.17) is 4.74 Å². The molecule has 2 unspecified atom stereocenters. The first-order chi connectivity index (χ1) is 10.0. The summed E-state index contributed by atoms with van der Waals surface area (Å²) in [5.41, 5.74) is -0.930. The molecule has 1 saturated heterocycles. The molecule has 1 heterocycles. The quantitative estimate of drug-likeness (QED) is 0.642. The maximum absolute atomic E-state index is 12.4. The molecule has 3 aliphatic rings. The lowest BCUT2D eigenvalue weighted by Crippen LogP contribution is -2.49. The number of ether oxygens (including phenoxy) is 1. The summed E-state index contributed by atoms with van der Waals surface area (Å²) >= 11 is 0. The van der Waals surface area contributed by atoms with Gasteiger partial charge in [-0.2, -0.15) is 0 Å². The molecular formula is C15H21NO5. The normalized spacial score (nSPS) is 36.6. The maximum Gasteiger partial charge on any atom is 0.307 e. The molecule has 6 heteroatoms. The lowest BCUT2D eigenvalue weighted by atomic mass is 9.82. The van der Waals surface area contributed by atoms with Crippen molar-refractivity contribution in [3.63, 3.8) is 0 Å². The van der Waals surface area contributed by atoms with Crippen molar-refractivity contribution in [3.05, 3.63) is 12.2 Å². The zero-order valence-corrected chi connectivity index (χ0v) is 11.8. The van der Waals surface area contributed by atoms with Crippen LogP contribution < -0.4 is 5.32 Å². The predicted molar refractivity (Wildman–Crippen MR) is 73.4 cm³/mol. The Balaban J connectivity index is 1.62. The summed E-state index contributed by atoms with van der Waals surface area (Å²) < 4.78 is 5.20. The topological polar surface area (TPSA) is 95.9 Å². The number of aliphatic carboxylic acids is 1. The van der Waals surface area contributed by atoms with Crippen LogP contribution in [0.15, 0.2) is 12.2 Å². The number of carboxylic acids is 1. The number of fused-ring (bicyclic) bond motifs is 2. The number of allylic oxidation sites excluding steroid dienone is 2. The number of hydrogen-bond donors (Lipinski definition) is 3. The summed E-state index contributed by atoms with van der Waals surface area (Å²) in [5.74, 6) is -2.32. The molecule has 116 valence electrons. The summed E-state index contributed by atoms with van der Waals surface area (Å²) in [5, 5.41) is 22.5. The van der Waals surface area contributed by atoms with Crippen molar-refractivity contribution in [1.29, 1.82) is 0 Å². The molecule has 6 nitrogen and oxygen atoms in total. The van der Waals surface area contributed by atoms with Crippen molar-refractivity contribution in [1.82, 2.24) is 5.32 Å². The van der Waals surface area contributed by atoms with E-state index in [1.807, 2.05) is 12.2 Å². The Labute approximate surface area is 123 Å². The van der Waals surface area contributed by atoms with Gasteiger partial charge < -0.3 is 20.3 Å². The van der Waals surface area contributed by atoms with Crippen molar-refractivity contribution in [3.8, 4) is 0 Å². The van der Waals surface area contributed by atoms with E-state index in [1.165, 1.54) is 0 Å². The average Bonchev–Trinajstić information content (AvgIpc) is 3.06. The van der Waals surface area contributed by atoms with Gasteiger partial charge in [-0.25, -0.2) is 0 Å². The second-order valence-corrected chi connectivity index (χ2v) is 6.39. The number of nitrogens with one attached hydrogen (secondary N) is 1. The van der Waals surface area contributed by atoms with Gasteiger partial charge in [0.05, 0.1) is 17.4 Å². The number of hydrogen-bond acceptors (Lipinski definition) is 4. The van der Waals surface area contributed by atoms with Gasteiger partial charge >= 0.3 is 5.97 Å². The van der Waals surface area contributed by atoms with Crippen LogP contribution >= 0.6 is 0 Å². The molecule has 0 spiro atoms. The highest BCUT2D eigenvalue weighted by Gasteiger charge is 2.51. The molecule has 1 amide bonds. The van der Waals surface area contributed by atoms with E-state index < -0.39 is 23.4 Å². The number of rotatable bonds is 4. The Bertz CT molecular complexity index is 469. The first-order valence-corrected chi connectivity index (χ1v) is 7.49. The second kappa shape index (κ2) is 5.42.